The van der Waals surface area contributed by atoms with Gasteiger partial charge in [0.2, 0.25) is 11.8 Å². The summed E-state index contributed by atoms with van der Waals surface area (Å²) in [6, 6.07) is -0.216. The van der Waals surface area contributed by atoms with E-state index in [1.165, 1.54) is 0 Å². The van der Waals surface area contributed by atoms with Crippen LogP contribution in [0.25, 0.3) is 0 Å². The zero-order chi connectivity index (χ0) is 16.4. The highest BCUT2D eigenvalue weighted by atomic mass is 16.5. The third-order valence-corrected chi connectivity index (χ3v) is 5.03. The van der Waals surface area contributed by atoms with Crippen molar-refractivity contribution >= 4 is 5.91 Å². The second-order valence-electron chi connectivity index (χ2n) is 7.22. The average molecular weight is 321 g/mol. The third kappa shape index (κ3) is 3.57. The van der Waals surface area contributed by atoms with E-state index in [0.717, 1.165) is 31.6 Å². The van der Waals surface area contributed by atoms with Crippen LogP contribution in [-0.2, 0) is 9.53 Å². The quantitative estimate of drug-likeness (QED) is 0.856. The predicted molar refractivity (Wildman–Crippen MR) is 84.8 cm³/mol. The summed E-state index contributed by atoms with van der Waals surface area (Å²) in [6.07, 6.45) is 4.28. The summed E-state index contributed by atoms with van der Waals surface area (Å²) < 4.78 is 10.9. The molecule has 0 aromatic carbocycles. The highest BCUT2D eigenvalue weighted by Crippen LogP contribution is 2.32. The highest BCUT2D eigenvalue weighted by Gasteiger charge is 2.36. The lowest BCUT2D eigenvalue weighted by molar-refractivity contribution is -0.146. The Hall–Kier alpha value is -1.43. The number of aromatic nitrogens is 2. The van der Waals surface area contributed by atoms with Gasteiger partial charge in [0.15, 0.2) is 5.82 Å². The number of hydrogen-bond acceptors (Lipinski definition) is 5. The summed E-state index contributed by atoms with van der Waals surface area (Å²) in [4.78, 5) is 19.4. The van der Waals surface area contributed by atoms with Gasteiger partial charge in [0.25, 0.3) is 0 Å². The van der Waals surface area contributed by atoms with Gasteiger partial charge in [-0.25, -0.2) is 0 Å². The minimum atomic E-state index is -0.216. The van der Waals surface area contributed by atoms with Crippen molar-refractivity contribution < 1.29 is 14.1 Å². The standard InChI is InChI=1S/C17H27N3O3/c1-11(2)16-18-15(19-23-16)14-10-22-9-8-20(14)17(21)13-6-4-12(3)5-7-13/h11-14H,4-10H2,1-3H3. The number of nitrogens with zero attached hydrogens (tertiary/aromatic N) is 3. The second-order valence-corrected chi connectivity index (χ2v) is 7.22. The topological polar surface area (TPSA) is 68.5 Å². The molecule has 1 saturated heterocycles. The lowest BCUT2D eigenvalue weighted by Crippen LogP contribution is -2.46. The van der Waals surface area contributed by atoms with E-state index in [-0.39, 0.29) is 23.8 Å². The van der Waals surface area contributed by atoms with Crippen LogP contribution in [0.3, 0.4) is 0 Å². The highest BCUT2D eigenvalue weighted by molar-refractivity contribution is 5.79. The Bertz CT molecular complexity index is 535. The summed E-state index contributed by atoms with van der Waals surface area (Å²) in [6.45, 7) is 7.94. The number of amides is 1. The molecule has 23 heavy (non-hydrogen) atoms. The first-order chi connectivity index (χ1) is 11.1. The van der Waals surface area contributed by atoms with Crippen molar-refractivity contribution in [1.82, 2.24) is 15.0 Å². The van der Waals surface area contributed by atoms with E-state index in [1.54, 1.807) is 0 Å². The summed E-state index contributed by atoms with van der Waals surface area (Å²) in [5, 5.41) is 4.09. The van der Waals surface area contributed by atoms with E-state index in [2.05, 4.69) is 17.1 Å². The van der Waals surface area contributed by atoms with E-state index in [0.29, 0.717) is 31.5 Å². The van der Waals surface area contributed by atoms with Gasteiger partial charge < -0.3 is 14.2 Å². The molecule has 1 atom stereocenters. The smallest absolute Gasteiger partial charge is 0.229 e. The molecule has 6 heteroatoms. The van der Waals surface area contributed by atoms with Crippen LogP contribution in [0.4, 0.5) is 0 Å². The Labute approximate surface area is 137 Å². The minimum Gasteiger partial charge on any atom is -0.377 e. The Kier molecular flexibility index (Phi) is 4.99. The van der Waals surface area contributed by atoms with E-state index < -0.39 is 0 Å². The van der Waals surface area contributed by atoms with Gasteiger partial charge in [-0.05, 0) is 31.6 Å². The van der Waals surface area contributed by atoms with Gasteiger partial charge in [-0.2, -0.15) is 4.98 Å². The summed E-state index contributed by atoms with van der Waals surface area (Å²) in [7, 11) is 0. The van der Waals surface area contributed by atoms with Gasteiger partial charge in [0.1, 0.15) is 6.04 Å². The molecule has 1 aromatic rings. The molecule has 0 bridgehead atoms. The number of carbonyl (C=O) groups is 1. The Balaban J connectivity index is 1.74. The van der Waals surface area contributed by atoms with Crippen LogP contribution in [0.2, 0.25) is 0 Å². The van der Waals surface area contributed by atoms with Crippen molar-refractivity contribution in [2.75, 3.05) is 19.8 Å². The first kappa shape index (κ1) is 16.4. The summed E-state index contributed by atoms with van der Waals surface area (Å²) in [5.41, 5.74) is 0. The van der Waals surface area contributed by atoms with Gasteiger partial charge in [-0.15, -0.1) is 0 Å². The maximum absolute atomic E-state index is 13.0. The van der Waals surface area contributed by atoms with Crippen molar-refractivity contribution in [2.24, 2.45) is 11.8 Å². The zero-order valence-corrected chi connectivity index (χ0v) is 14.3. The number of rotatable bonds is 3. The second kappa shape index (κ2) is 6.99. The molecule has 128 valence electrons. The first-order valence-electron chi connectivity index (χ1n) is 8.78. The van der Waals surface area contributed by atoms with Crippen molar-refractivity contribution in [3.05, 3.63) is 11.7 Å². The maximum Gasteiger partial charge on any atom is 0.229 e. The number of morpholine rings is 1. The largest absolute Gasteiger partial charge is 0.377 e. The zero-order valence-electron chi connectivity index (χ0n) is 14.3. The van der Waals surface area contributed by atoms with Crippen molar-refractivity contribution in [3.8, 4) is 0 Å². The fourth-order valence-electron chi connectivity index (χ4n) is 3.44. The number of carbonyl (C=O) groups excluding carboxylic acids is 1. The molecule has 2 aliphatic rings. The van der Waals surface area contributed by atoms with Crippen molar-refractivity contribution in [1.29, 1.82) is 0 Å². The van der Waals surface area contributed by atoms with Crippen LogP contribution in [-0.4, -0.2) is 40.7 Å². The van der Waals surface area contributed by atoms with Gasteiger partial charge in [0, 0.05) is 18.4 Å². The molecule has 1 saturated carbocycles. The van der Waals surface area contributed by atoms with Crippen LogP contribution >= 0.6 is 0 Å². The summed E-state index contributed by atoms with van der Waals surface area (Å²) in [5.74, 6) is 2.50. The molecule has 0 radical (unpaired) electrons. The van der Waals surface area contributed by atoms with Crippen molar-refractivity contribution in [2.45, 2.75) is 58.4 Å². The van der Waals surface area contributed by atoms with E-state index >= 15 is 0 Å². The molecule has 3 rings (SSSR count). The molecular weight excluding hydrogens is 294 g/mol. The van der Waals surface area contributed by atoms with Crippen LogP contribution in [0, 0.1) is 11.8 Å². The predicted octanol–water partition coefficient (Wildman–Crippen LogP) is 2.92. The Morgan fingerprint density at radius 3 is 2.65 bits per heavy atom. The minimum absolute atomic E-state index is 0.142. The normalized spacial score (nSPS) is 29.0. The Morgan fingerprint density at radius 2 is 2.00 bits per heavy atom. The molecule has 2 fully saturated rings. The molecule has 0 spiro atoms. The number of hydrogen-bond donors (Lipinski definition) is 0. The fraction of sp³-hybridized carbons (Fsp3) is 0.824. The molecule has 1 amide bonds. The monoisotopic (exact) mass is 321 g/mol. The van der Waals surface area contributed by atoms with Crippen LogP contribution in [0.1, 0.15) is 70.1 Å². The van der Waals surface area contributed by atoms with Gasteiger partial charge in [0.05, 0.1) is 13.2 Å². The lowest BCUT2D eigenvalue weighted by atomic mass is 9.82. The maximum atomic E-state index is 13.0. The van der Waals surface area contributed by atoms with E-state index in [1.807, 2.05) is 18.7 Å². The molecule has 1 aliphatic carbocycles. The third-order valence-electron chi connectivity index (χ3n) is 5.03. The molecule has 6 nitrogen and oxygen atoms in total. The van der Waals surface area contributed by atoms with Gasteiger partial charge >= 0.3 is 0 Å². The number of ether oxygens (including phenoxy) is 1. The molecule has 1 aromatic heterocycles. The first-order valence-corrected chi connectivity index (χ1v) is 8.78. The lowest BCUT2D eigenvalue weighted by Gasteiger charge is -2.37. The van der Waals surface area contributed by atoms with Crippen molar-refractivity contribution in [3.63, 3.8) is 0 Å². The molecule has 1 aliphatic heterocycles. The van der Waals surface area contributed by atoms with E-state index in [9.17, 15) is 4.79 Å². The fourth-order valence-corrected chi connectivity index (χ4v) is 3.44. The molecule has 2 heterocycles. The van der Waals surface area contributed by atoms with Crippen LogP contribution in [0.5, 0.6) is 0 Å². The van der Waals surface area contributed by atoms with Crippen LogP contribution < -0.4 is 0 Å². The summed E-state index contributed by atoms with van der Waals surface area (Å²) >= 11 is 0. The molecular formula is C17H27N3O3. The van der Waals surface area contributed by atoms with Crippen LogP contribution in [0.15, 0.2) is 4.52 Å². The van der Waals surface area contributed by atoms with Gasteiger partial charge in [-0.1, -0.05) is 25.9 Å². The SMILES string of the molecule is CC1CCC(C(=O)N2CCOCC2c2noc(C(C)C)n2)CC1. The Morgan fingerprint density at radius 1 is 1.26 bits per heavy atom. The van der Waals surface area contributed by atoms with Gasteiger partial charge in [-0.3, -0.25) is 4.79 Å². The molecule has 1 unspecified atom stereocenters. The molecule has 0 N–H and O–H groups in total. The average Bonchev–Trinajstić information content (AvgIpc) is 3.05. The van der Waals surface area contributed by atoms with E-state index in [4.69, 9.17) is 9.26 Å².